The second-order valence-electron chi connectivity index (χ2n) is 8.58. The number of carbonyl (C=O) groups excluding carboxylic acids is 1. The summed E-state index contributed by atoms with van der Waals surface area (Å²) in [6.45, 7) is 11.1. The summed E-state index contributed by atoms with van der Waals surface area (Å²) in [6, 6.07) is 13.5. The fraction of sp³-hybridized carbons (Fsp3) is 0.400. The maximum absolute atomic E-state index is 13.1. The van der Waals surface area contributed by atoms with Crippen molar-refractivity contribution >= 4 is 34.3 Å². The van der Waals surface area contributed by atoms with Crippen molar-refractivity contribution in [1.82, 2.24) is 9.55 Å². The Hall–Kier alpha value is -2.60. The number of nitrogens with zero attached hydrogens (tertiary/aromatic N) is 2. The van der Waals surface area contributed by atoms with Crippen LogP contribution in [-0.4, -0.2) is 21.2 Å². The summed E-state index contributed by atoms with van der Waals surface area (Å²) in [6.07, 6.45) is 0.876. The van der Waals surface area contributed by atoms with Crippen LogP contribution in [0, 0.1) is 12.8 Å². The third-order valence-corrected chi connectivity index (χ3v) is 6.26. The molecule has 1 N–H and O–H groups in total. The molecule has 0 aliphatic heterocycles. The molecule has 0 unspecified atom stereocenters. The van der Waals surface area contributed by atoms with E-state index in [4.69, 9.17) is 4.98 Å². The highest BCUT2D eigenvalue weighted by molar-refractivity contribution is 7.99. The summed E-state index contributed by atoms with van der Waals surface area (Å²) in [5.74, 6) is 0.874. The number of anilines is 1. The third-order valence-electron chi connectivity index (χ3n) is 5.28. The minimum atomic E-state index is -0.0981. The lowest BCUT2D eigenvalue weighted by molar-refractivity contribution is -0.113. The van der Waals surface area contributed by atoms with Crippen LogP contribution in [0.5, 0.6) is 0 Å². The molecule has 3 aromatic rings. The van der Waals surface area contributed by atoms with E-state index in [2.05, 4.69) is 39.1 Å². The van der Waals surface area contributed by atoms with Gasteiger partial charge >= 0.3 is 0 Å². The van der Waals surface area contributed by atoms with E-state index in [0.717, 1.165) is 23.2 Å². The topological polar surface area (TPSA) is 64.0 Å². The lowest BCUT2D eigenvalue weighted by Gasteiger charge is -2.17. The molecule has 2 aromatic carbocycles. The molecule has 0 radical (unpaired) electrons. The van der Waals surface area contributed by atoms with Crippen LogP contribution >= 0.6 is 11.8 Å². The molecule has 3 rings (SSSR count). The third kappa shape index (κ3) is 5.56. The van der Waals surface area contributed by atoms with Crippen molar-refractivity contribution < 1.29 is 4.79 Å². The Labute approximate surface area is 188 Å². The van der Waals surface area contributed by atoms with Crippen molar-refractivity contribution in [1.29, 1.82) is 0 Å². The zero-order chi connectivity index (χ0) is 22.5. The minimum absolute atomic E-state index is 0.0462. The molecule has 1 aromatic heterocycles. The monoisotopic (exact) mass is 437 g/mol. The molecule has 0 atom stereocenters. The molecule has 0 aliphatic rings. The number of hydrogen-bond acceptors (Lipinski definition) is 4. The summed E-state index contributed by atoms with van der Waals surface area (Å²) in [4.78, 5) is 30.6. The number of aryl methyl sites for hydroxylation is 1. The molecule has 1 heterocycles. The first-order chi connectivity index (χ1) is 14.8. The SMILES string of the molecule is Cc1cccc(C(C)C)c1NC(=O)CSc1nc2ccccc2c(=O)n1CCC(C)C. The minimum Gasteiger partial charge on any atom is -0.325 e. The van der Waals surface area contributed by atoms with Crippen molar-refractivity contribution in [2.75, 3.05) is 11.1 Å². The van der Waals surface area contributed by atoms with Crippen LogP contribution in [-0.2, 0) is 11.3 Å². The van der Waals surface area contributed by atoms with Crippen molar-refractivity contribution in [2.45, 2.75) is 58.7 Å². The van der Waals surface area contributed by atoms with Gasteiger partial charge in [0.15, 0.2) is 5.16 Å². The molecular weight excluding hydrogens is 406 g/mol. The van der Waals surface area contributed by atoms with Gasteiger partial charge in [-0.1, -0.05) is 69.8 Å². The Morgan fingerprint density at radius 3 is 2.55 bits per heavy atom. The van der Waals surface area contributed by atoms with Gasteiger partial charge in [-0.15, -0.1) is 0 Å². The van der Waals surface area contributed by atoms with E-state index >= 15 is 0 Å². The average Bonchev–Trinajstić information content (AvgIpc) is 2.73. The van der Waals surface area contributed by atoms with Crippen LogP contribution in [0.25, 0.3) is 10.9 Å². The highest BCUT2D eigenvalue weighted by atomic mass is 32.2. The highest BCUT2D eigenvalue weighted by Crippen LogP contribution is 2.28. The van der Waals surface area contributed by atoms with E-state index in [9.17, 15) is 9.59 Å². The largest absolute Gasteiger partial charge is 0.325 e. The van der Waals surface area contributed by atoms with Crippen molar-refractivity contribution in [2.24, 2.45) is 5.92 Å². The number of hydrogen-bond donors (Lipinski definition) is 1. The highest BCUT2D eigenvalue weighted by Gasteiger charge is 2.16. The summed E-state index contributed by atoms with van der Waals surface area (Å²) >= 11 is 1.31. The van der Waals surface area contributed by atoms with Gasteiger partial charge in [0.05, 0.1) is 16.7 Å². The number of carbonyl (C=O) groups is 1. The lowest BCUT2D eigenvalue weighted by Crippen LogP contribution is -2.25. The van der Waals surface area contributed by atoms with Crippen LogP contribution < -0.4 is 10.9 Å². The molecule has 0 aliphatic carbocycles. The van der Waals surface area contributed by atoms with Crippen LogP contribution in [0.15, 0.2) is 52.4 Å². The fourth-order valence-corrected chi connectivity index (χ4v) is 4.32. The maximum atomic E-state index is 13.1. The van der Waals surface area contributed by atoms with Crippen molar-refractivity contribution in [3.05, 3.63) is 63.9 Å². The van der Waals surface area contributed by atoms with E-state index in [1.54, 1.807) is 4.57 Å². The quantitative estimate of drug-likeness (QED) is 0.368. The molecule has 6 heteroatoms. The number of para-hydroxylation sites is 2. The van der Waals surface area contributed by atoms with Gasteiger partial charge < -0.3 is 5.32 Å². The number of thioether (sulfide) groups is 1. The first-order valence-electron chi connectivity index (χ1n) is 10.8. The predicted octanol–water partition coefficient (Wildman–Crippen LogP) is 5.61. The van der Waals surface area contributed by atoms with Gasteiger partial charge in [-0.05, 0) is 48.4 Å². The van der Waals surface area contributed by atoms with Crippen molar-refractivity contribution in [3.63, 3.8) is 0 Å². The van der Waals surface area contributed by atoms with E-state index in [1.807, 2.05) is 43.3 Å². The normalized spacial score (nSPS) is 11.5. The van der Waals surface area contributed by atoms with E-state index < -0.39 is 0 Å². The molecule has 0 saturated carbocycles. The molecule has 0 fully saturated rings. The van der Waals surface area contributed by atoms with Gasteiger partial charge in [-0.2, -0.15) is 0 Å². The molecule has 0 saturated heterocycles. The summed E-state index contributed by atoms with van der Waals surface area (Å²) in [5.41, 5.74) is 3.66. The standard InChI is InChI=1S/C25H31N3O2S/c1-16(2)13-14-28-24(30)20-10-6-7-12-21(20)26-25(28)31-15-22(29)27-23-18(5)9-8-11-19(23)17(3)4/h6-12,16-17H,13-15H2,1-5H3,(H,27,29). The number of nitrogens with one attached hydrogen (secondary N) is 1. The van der Waals surface area contributed by atoms with E-state index in [0.29, 0.717) is 34.4 Å². The average molecular weight is 438 g/mol. The Morgan fingerprint density at radius 1 is 1.10 bits per heavy atom. The number of benzene rings is 2. The molecule has 164 valence electrons. The van der Waals surface area contributed by atoms with Gasteiger partial charge in [-0.3, -0.25) is 14.2 Å². The fourth-order valence-electron chi connectivity index (χ4n) is 3.49. The van der Waals surface area contributed by atoms with E-state index in [1.165, 1.54) is 11.8 Å². The smallest absolute Gasteiger partial charge is 0.262 e. The first kappa shape index (κ1) is 23.1. The predicted molar refractivity (Wildman–Crippen MR) is 130 cm³/mol. The summed E-state index contributed by atoms with van der Waals surface area (Å²) in [7, 11) is 0. The number of rotatable bonds is 8. The van der Waals surface area contributed by atoms with E-state index in [-0.39, 0.29) is 17.2 Å². The zero-order valence-electron chi connectivity index (χ0n) is 18.9. The van der Waals surface area contributed by atoms with Gasteiger partial charge in [0, 0.05) is 12.2 Å². The Kier molecular flexibility index (Phi) is 7.55. The van der Waals surface area contributed by atoms with Crippen LogP contribution in [0.1, 0.15) is 51.2 Å². The molecule has 5 nitrogen and oxygen atoms in total. The lowest BCUT2D eigenvalue weighted by atomic mass is 9.98. The molecule has 0 spiro atoms. The molecule has 1 amide bonds. The summed E-state index contributed by atoms with van der Waals surface area (Å²) in [5, 5.41) is 4.28. The summed E-state index contributed by atoms with van der Waals surface area (Å²) < 4.78 is 1.72. The second-order valence-corrected chi connectivity index (χ2v) is 9.52. The van der Waals surface area contributed by atoms with Crippen LogP contribution in [0.2, 0.25) is 0 Å². The maximum Gasteiger partial charge on any atom is 0.262 e. The van der Waals surface area contributed by atoms with Gasteiger partial charge in [0.1, 0.15) is 0 Å². The number of aromatic nitrogens is 2. The van der Waals surface area contributed by atoms with Gasteiger partial charge in [0.2, 0.25) is 5.91 Å². The van der Waals surface area contributed by atoms with Crippen LogP contribution in [0.4, 0.5) is 5.69 Å². The second kappa shape index (κ2) is 10.1. The molecular formula is C25H31N3O2S. The first-order valence-corrected chi connectivity index (χ1v) is 11.8. The van der Waals surface area contributed by atoms with Crippen molar-refractivity contribution in [3.8, 4) is 0 Å². The van der Waals surface area contributed by atoms with Gasteiger partial charge in [-0.25, -0.2) is 4.98 Å². The Bertz CT molecular complexity index is 1140. The molecule has 0 bridgehead atoms. The van der Waals surface area contributed by atoms with Gasteiger partial charge in [0.25, 0.3) is 5.56 Å². The van der Waals surface area contributed by atoms with Crippen LogP contribution in [0.3, 0.4) is 0 Å². The Morgan fingerprint density at radius 2 is 1.84 bits per heavy atom. The number of amides is 1. The molecule has 31 heavy (non-hydrogen) atoms. The Balaban J connectivity index is 1.84. The number of fused-ring (bicyclic) bond motifs is 1. The zero-order valence-corrected chi connectivity index (χ0v) is 19.8.